The van der Waals surface area contributed by atoms with Gasteiger partial charge in [-0.1, -0.05) is 43.8 Å². The first-order valence-corrected chi connectivity index (χ1v) is 15.7. The lowest BCUT2D eigenvalue weighted by Gasteiger charge is -2.04. The van der Waals surface area contributed by atoms with E-state index < -0.39 is 24.1 Å². The van der Waals surface area contributed by atoms with Gasteiger partial charge in [-0.15, -0.1) is 0 Å². The second-order valence-corrected chi connectivity index (χ2v) is 11.1. The predicted molar refractivity (Wildman–Crippen MR) is 199 cm³/mol. The predicted octanol–water partition coefficient (Wildman–Crippen LogP) is 6.85. The Labute approximate surface area is 298 Å². The van der Waals surface area contributed by atoms with E-state index in [1.54, 1.807) is 76.2 Å². The Kier molecular flexibility index (Phi) is 14.3. The number of aliphatic hydroxyl groups is 2. The lowest BCUT2D eigenvalue weighted by atomic mass is 10.1. The van der Waals surface area contributed by atoms with Crippen molar-refractivity contribution in [2.45, 2.75) is 54.3 Å². The van der Waals surface area contributed by atoms with Crippen LogP contribution in [0.1, 0.15) is 107 Å². The Morgan fingerprint density at radius 2 is 1.06 bits per heavy atom. The molecular formula is C38H44BN3O9. The SMILES string of the molecule is C.CC(O)c1cccc2[nH]c(C(=O)O)cc12.CCOC(=O)c1cc2c(C(C)=O)cccc2[nH]1.CCOC(=O)c1cc2c(C(C)O)cccc2[nH]1.[3H][B]. The third-order valence-corrected chi connectivity index (χ3v) is 7.56. The molecule has 0 spiro atoms. The summed E-state index contributed by atoms with van der Waals surface area (Å²) in [5.41, 5.74) is 5.38. The first-order valence-electron chi connectivity index (χ1n) is 16.2. The van der Waals surface area contributed by atoms with Gasteiger partial charge >= 0.3 is 17.9 Å². The summed E-state index contributed by atoms with van der Waals surface area (Å²) in [4.78, 5) is 54.0. The number of ether oxygens (including phenoxy) is 2. The molecule has 2 radical (unpaired) electrons. The largest absolute Gasteiger partial charge is 0.477 e. The van der Waals surface area contributed by atoms with E-state index >= 15 is 0 Å². The number of hydrogen-bond acceptors (Lipinski definition) is 8. The standard InChI is InChI=1S/C13H15NO3.C13H13NO3.C11H11NO3.CH4.BH/c2*1-3-17-13(16)12-7-10-9(8(2)15)5-4-6-11(10)14-12;1-6(13)7-3-2-4-9-8(7)5-10(12-9)11(14)15;;/h4-8,14-15H,3H2,1-2H3;4-7,14H,3H2,1-2H3;2-6,12-13H,1H3,(H,14,15);1H4;1H/i;;;;1T. The van der Waals surface area contributed by atoms with E-state index in [-0.39, 0.29) is 24.9 Å². The molecule has 0 amide bonds. The Hall–Kier alpha value is -5.66. The maximum atomic E-state index is 11.6. The van der Waals surface area contributed by atoms with Crippen LogP contribution in [-0.4, -0.2) is 76.9 Å². The highest BCUT2D eigenvalue weighted by molar-refractivity contribution is 6.08. The molecule has 2 atom stereocenters. The van der Waals surface area contributed by atoms with Crippen molar-refractivity contribution in [1.29, 1.82) is 1.34 Å². The van der Waals surface area contributed by atoms with Crippen molar-refractivity contribution in [3.05, 3.63) is 107 Å². The minimum atomic E-state index is -0.997. The Balaban J connectivity index is 0.000000262. The van der Waals surface area contributed by atoms with Gasteiger partial charge in [-0.3, -0.25) is 4.79 Å². The topological polar surface area (TPSA) is 195 Å². The molecule has 2 unspecified atom stereocenters. The van der Waals surface area contributed by atoms with Gasteiger partial charge in [0.05, 0.1) is 25.4 Å². The highest BCUT2D eigenvalue weighted by Crippen LogP contribution is 2.26. The summed E-state index contributed by atoms with van der Waals surface area (Å²) in [7, 11) is 3.75. The second kappa shape index (κ2) is 18.4. The van der Waals surface area contributed by atoms with E-state index in [2.05, 4.69) is 23.3 Å². The van der Waals surface area contributed by atoms with E-state index in [1.165, 1.54) is 6.92 Å². The number of aliphatic hydroxyl groups excluding tert-OH is 2. The van der Waals surface area contributed by atoms with Crippen molar-refractivity contribution in [3.63, 3.8) is 0 Å². The number of carboxylic acid groups (broad SMARTS) is 1. The summed E-state index contributed by atoms with van der Waals surface area (Å²) >= 11 is 0. The summed E-state index contributed by atoms with van der Waals surface area (Å²) in [6, 6.07) is 21.2. The van der Waals surface area contributed by atoms with Crippen LogP contribution < -0.4 is 0 Å². The van der Waals surface area contributed by atoms with Crippen LogP contribution in [0.3, 0.4) is 0 Å². The fourth-order valence-electron chi connectivity index (χ4n) is 5.30. The fraction of sp³-hybridized carbons (Fsp3) is 0.263. The zero-order valence-electron chi connectivity index (χ0n) is 29.4. The van der Waals surface area contributed by atoms with Gasteiger partial charge in [-0.2, -0.15) is 0 Å². The molecule has 51 heavy (non-hydrogen) atoms. The monoisotopic (exact) mass is 699 g/mol. The zero-order chi connectivity index (χ0) is 37.8. The number of benzene rings is 3. The summed E-state index contributed by atoms with van der Waals surface area (Å²) in [6.45, 7) is 9.05. The normalized spacial score (nSPS) is 11.6. The molecule has 3 heterocycles. The Morgan fingerprint density at radius 3 is 1.45 bits per heavy atom. The highest BCUT2D eigenvalue weighted by atomic mass is 16.5. The Bertz CT molecular complexity index is 2130. The average Bonchev–Trinajstić information content (AvgIpc) is 3.86. The summed E-state index contributed by atoms with van der Waals surface area (Å²) in [5, 5.41) is 30.3. The third kappa shape index (κ3) is 9.74. The number of aromatic amines is 3. The van der Waals surface area contributed by atoms with Crippen LogP contribution in [0.4, 0.5) is 0 Å². The Morgan fingerprint density at radius 1 is 0.686 bits per heavy atom. The van der Waals surface area contributed by atoms with Gasteiger partial charge < -0.3 is 39.7 Å². The van der Waals surface area contributed by atoms with Crippen LogP contribution in [0, 0.1) is 0 Å². The molecule has 3 aromatic heterocycles. The molecule has 3 aromatic carbocycles. The number of carbonyl (C=O) groups is 4. The lowest BCUT2D eigenvalue weighted by molar-refractivity contribution is 0.0511. The average molecular weight is 700 g/mol. The molecule has 6 rings (SSSR count). The van der Waals surface area contributed by atoms with Gasteiger partial charge in [-0.25, -0.2) is 14.4 Å². The number of Topliss-reactive ketones (excluding diaryl/α,β-unsaturated/α-hetero) is 1. The fourth-order valence-corrected chi connectivity index (χ4v) is 5.30. The van der Waals surface area contributed by atoms with Gasteiger partial charge in [0.15, 0.2) is 5.78 Å². The highest BCUT2D eigenvalue weighted by Gasteiger charge is 2.15. The van der Waals surface area contributed by atoms with Crippen molar-refractivity contribution in [1.82, 2.24) is 15.0 Å². The maximum absolute atomic E-state index is 11.6. The van der Waals surface area contributed by atoms with Crippen LogP contribution in [0.5, 0.6) is 0 Å². The molecular weight excluding hydrogens is 653 g/mol. The quantitative estimate of drug-likeness (QED) is 0.0559. The summed E-state index contributed by atoms with van der Waals surface area (Å²) < 4.78 is 15.1. The van der Waals surface area contributed by atoms with Gasteiger partial charge in [-0.05, 0) is 83.5 Å². The molecule has 0 fully saturated rings. The summed E-state index contributed by atoms with van der Waals surface area (Å²) in [5.74, 6) is -1.80. The van der Waals surface area contributed by atoms with Crippen molar-refractivity contribution in [2.24, 2.45) is 0 Å². The molecule has 12 nitrogen and oxygen atoms in total. The molecule has 6 aromatic rings. The van der Waals surface area contributed by atoms with E-state index in [9.17, 15) is 29.4 Å². The van der Waals surface area contributed by atoms with Crippen LogP contribution in [0.15, 0.2) is 72.8 Å². The summed E-state index contributed by atoms with van der Waals surface area (Å²) in [6.07, 6.45) is -1.17. The first-order chi connectivity index (χ1) is 24.4. The smallest absolute Gasteiger partial charge is 0.354 e. The van der Waals surface area contributed by atoms with Crippen molar-refractivity contribution in [2.75, 3.05) is 13.2 Å². The number of nitrogens with one attached hydrogen (secondary N) is 3. The van der Waals surface area contributed by atoms with Gasteiger partial charge in [0, 0.05) is 46.6 Å². The van der Waals surface area contributed by atoms with E-state index in [0.29, 0.717) is 30.2 Å². The molecule has 0 aliphatic rings. The van der Waals surface area contributed by atoms with E-state index in [0.717, 1.165) is 43.8 Å². The molecule has 6 N–H and O–H groups in total. The number of esters is 2. The number of rotatable bonds is 8. The van der Waals surface area contributed by atoms with Gasteiger partial charge in [0.25, 0.3) is 0 Å². The molecule has 0 aliphatic carbocycles. The van der Waals surface area contributed by atoms with Crippen molar-refractivity contribution >= 4 is 64.8 Å². The molecule has 0 aliphatic heterocycles. The number of ketones is 1. The number of aromatic carboxylic acids is 1. The van der Waals surface area contributed by atoms with Gasteiger partial charge in [0.1, 0.15) is 17.1 Å². The second-order valence-electron chi connectivity index (χ2n) is 11.1. The van der Waals surface area contributed by atoms with Crippen LogP contribution >= 0.6 is 0 Å². The molecule has 0 saturated carbocycles. The van der Waals surface area contributed by atoms with Crippen LogP contribution in [0.25, 0.3) is 32.7 Å². The number of fused-ring (bicyclic) bond motifs is 3. The molecule has 0 bridgehead atoms. The maximum Gasteiger partial charge on any atom is 0.354 e. The molecule has 13 heteroatoms. The van der Waals surface area contributed by atoms with Crippen molar-refractivity contribution < 1.29 is 44.0 Å². The number of H-pyrrole nitrogens is 3. The molecule has 0 saturated heterocycles. The number of carbonyl (C=O) groups excluding carboxylic acids is 3. The first kappa shape index (κ1) is 39.8. The van der Waals surface area contributed by atoms with Crippen LogP contribution in [-0.2, 0) is 9.47 Å². The minimum absolute atomic E-state index is 0. The zero-order valence-corrected chi connectivity index (χ0v) is 28.4. The molecule has 268 valence electrons. The van der Waals surface area contributed by atoms with E-state index in [1.807, 2.05) is 24.3 Å². The number of carboxylic acids is 1. The lowest BCUT2D eigenvalue weighted by Crippen LogP contribution is -2.04. The van der Waals surface area contributed by atoms with Gasteiger partial charge in [0.2, 0.25) is 0 Å². The minimum Gasteiger partial charge on any atom is -0.477 e. The van der Waals surface area contributed by atoms with Crippen molar-refractivity contribution in [3.8, 4) is 0 Å². The number of aromatic nitrogens is 3. The van der Waals surface area contributed by atoms with E-state index in [4.69, 9.17) is 15.9 Å². The third-order valence-electron chi connectivity index (χ3n) is 7.56. The van der Waals surface area contributed by atoms with Crippen LogP contribution in [0.2, 0.25) is 0 Å². The number of hydrogen-bond donors (Lipinski definition) is 6.